The van der Waals surface area contributed by atoms with Gasteiger partial charge in [0.25, 0.3) is 0 Å². The molecule has 1 aliphatic carbocycles. The Hall–Kier alpha value is -0.940. The maximum Gasteiger partial charge on any atom is 0.232 e. The van der Waals surface area contributed by atoms with Gasteiger partial charge >= 0.3 is 0 Å². The predicted molar refractivity (Wildman–Crippen MR) is 80.0 cm³/mol. The van der Waals surface area contributed by atoms with E-state index < -0.39 is 5.82 Å². The molecular formula is C15H18BrFN2O. The number of hydrogen-bond acceptors (Lipinski definition) is 2. The second-order valence-electron chi connectivity index (χ2n) is 5.81. The van der Waals surface area contributed by atoms with Crippen LogP contribution in [0, 0.1) is 17.2 Å². The van der Waals surface area contributed by atoms with Gasteiger partial charge in [0.05, 0.1) is 11.1 Å². The SMILES string of the molecule is O=C(Nc1cc(Br)ccc1F)[C@@]12CCCC[C@H]1CNC2. The molecule has 1 aromatic carbocycles. The number of halogens is 2. The third kappa shape index (κ3) is 2.37. The van der Waals surface area contributed by atoms with E-state index in [0.29, 0.717) is 12.5 Å². The number of carbonyl (C=O) groups is 1. The van der Waals surface area contributed by atoms with Gasteiger partial charge in [0, 0.05) is 11.0 Å². The lowest BCUT2D eigenvalue weighted by Gasteiger charge is -2.37. The summed E-state index contributed by atoms with van der Waals surface area (Å²) in [6, 6.07) is 4.61. The molecule has 3 nitrogen and oxygen atoms in total. The molecule has 1 saturated carbocycles. The Morgan fingerprint density at radius 3 is 3.15 bits per heavy atom. The fourth-order valence-electron chi connectivity index (χ4n) is 3.53. The third-order valence-corrected chi connectivity index (χ3v) is 5.16. The van der Waals surface area contributed by atoms with E-state index in [1.54, 1.807) is 12.1 Å². The molecule has 2 fully saturated rings. The van der Waals surface area contributed by atoms with Gasteiger partial charge in [-0.05, 0) is 43.5 Å². The summed E-state index contributed by atoms with van der Waals surface area (Å²) in [5.74, 6) is -0.0491. The summed E-state index contributed by atoms with van der Waals surface area (Å²) in [7, 11) is 0. The van der Waals surface area contributed by atoms with Crippen LogP contribution in [0.15, 0.2) is 22.7 Å². The maximum atomic E-state index is 13.8. The van der Waals surface area contributed by atoms with Crippen LogP contribution >= 0.6 is 15.9 Å². The Kier molecular flexibility index (Phi) is 3.82. The van der Waals surface area contributed by atoms with Gasteiger partial charge in [0.1, 0.15) is 5.82 Å². The molecule has 0 unspecified atom stereocenters. The number of benzene rings is 1. The molecule has 1 heterocycles. The largest absolute Gasteiger partial charge is 0.323 e. The first kappa shape index (κ1) is 14.0. The van der Waals surface area contributed by atoms with Crippen LogP contribution < -0.4 is 10.6 Å². The van der Waals surface area contributed by atoms with Gasteiger partial charge in [-0.15, -0.1) is 0 Å². The van der Waals surface area contributed by atoms with Crippen LogP contribution in [-0.4, -0.2) is 19.0 Å². The van der Waals surface area contributed by atoms with Gasteiger partial charge in [-0.2, -0.15) is 0 Å². The zero-order chi connectivity index (χ0) is 14.2. The maximum absolute atomic E-state index is 13.8. The van der Waals surface area contributed by atoms with Gasteiger partial charge in [0.15, 0.2) is 0 Å². The smallest absolute Gasteiger partial charge is 0.232 e. The van der Waals surface area contributed by atoms with Crippen molar-refractivity contribution < 1.29 is 9.18 Å². The summed E-state index contributed by atoms with van der Waals surface area (Å²) in [4.78, 5) is 12.7. The summed E-state index contributed by atoms with van der Waals surface area (Å²) < 4.78 is 14.5. The van der Waals surface area contributed by atoms with Gasteiger partial charge < -0.3 is 10.6 Å². The molecule has 2 N–H and O–H groups in total. The first-order valence-corrected chi connectivity index (χ1v) is 7.88. The average Bonchev–Trinajstić information content (AvgIpc) is 2.88. The number of rotatable bonds is 2. The molecule has 0 radical (unpaired) electrons. The number of hydrogen-bond donors (Lipinski definition) is 2. The second-order valence-corrected chi connectivity index (χ2v) is 6.72. The molecule has 1 saturated heterocycles. The first-order valence-electron chi connectivity index (χ1n) is 7.09. The quantitative estimate of drug-likeness (QED) is 0.867. The van der Waals surface area contributed by atoms with Gasteiger partial charge in [-0.1, -0.05) is 28.8 Å². The molecule has 1 aliphatic heterocycles. The van der Waals surface area contributed by atoms with Crippen molar-refractivity contribution in [3.63, 3.8) is 0 Å². The Bertz CT molecular complexity index is 537. The fourth-order valence-corrected chi connectivity index (χ4v) is 3.89. The molecule has 0 spiro atoms. The van der Waals surface area contributed by atoms with Crippen LogP contribution in [0.25, 0.3) is 0 Å². The summed E-state index contributed by atoms with van der Waals surface area (Å²) in [5, 5.41) is 6.13. The van der Waals surface area contributed by atoms with E-state index in [2.05, 4.69) is 26.6 Å². The summed E-state index contributed by atoms with van der Waals surface area (Å²) in [6.45, 7) is 1.60. The molecule has 108 valence electrons. The number of fused-ring (bicyclic) bond motifs is 1. The van der Waals surface area contributed by atoms with Crippen molar-refractivity contribution in [1.29, 1.82) is 0 Å². The lowest BCUT2D eigenvalue weighted by Crippen LogP contribution is -2.44. The van der Waals surface area contributed by atoms with Crippen molar-refractivity contribution in [2.24, 2.45) is 11.3 Å². The lowest BCUT2D eigenvalue weighted by atomic mass is 9.67. The van der Waals surface area contributed by atoms with Crippen molar-refractivity contribution in [2.75, 3.05) is 18.4 Å². The molecule has 2 atom stereocenters. The average molecular weight is 341 g/mol. The summed E-state index contributed by atoms with van der Waals surface area (Å²) in [6.07, 6.45) is 4.24. The van der Waals surface area contributed by atoms with E-state index >= 15 is 0 Å². The van der Waals surface area contributed by atoms with E-state index in [1.165, 1.54) is 12.5 Å². The normalized spacial score (nSPS) is 29.0. The van der Waals surface area contributed by atoms with Crippen molar-refractivity contribution in [3.8, 4) is 0 Å². The van der Waals surface area contributed by atoms with Crippen LogP contribution in [0.3, 0.4) is 0 Å². The molecule has 3 rings (SSSR count). The van der Waals surface area contributed by atoms with E-state index in [4.69, 9.17) is 0 Å². The molecule has 1 aromatic rings. The molecule has 20 heavy (non-hydrogen) atoms. The molecule has 5 heteroatoms. The zero-order valence-electron chi connectivity index (χ0n) is 11.2. The number of amides is 1. The number of anilines is 1. The first-order chi connectivity index (χ1) is 9.62. The van der Waals surface area contributed by atoms with Crippen LogP contribution in [0.5, 0.6) is 0 Å². The van der Waals surface area contributed by atoms with Gasteiger partial charge in [0.2, 0.25) is 5.91 Å². The molecule has 2 aliphatic rings. The van der Waals surface area contributed by atoms with Gasteiger partial charge in [-0.25, -0.2) is 4.39 Å². The number of carbonyl (C=O) groups excluding carboxylic acids is 1. The van der Waals surface area contributed by atoms with Crippen molar-refractivity contribution in [2.45, 2.75) is 25.7 Å². The van der Waals surface area contributed by atoms with E-state index in [-0.39, 0.29) is 17.0 Å². The minimum atomic E-state index is -0.392. The Morgan fingerprint density at radius 1 is 1.45 bits per heavy atom. The fraction of sp³-hybridized carbons (Fsp3) is 0.533. The summed E-state index contributed by atoms with van der Waals surface area (Å²) >= 11 is 3.31. The van der Waals surface area contributed by atoms with E-state index in [9.17, 15) is 9.18 Å². The van der Waals surface area contributed by atoms with Crippen LogP contribution in [0.1, 0.15) is 25.7 Å². The Balaban J connectivity index is 1.83. The van der Waals surface area contributed by atoms with Crippen LogP contribution in [0.4, 0.5) is 10.1 Å². The van der Waals surface area contributed by atoms with E-state index in [0.717, 1.165) is 30.3 Å². The number of nitrogens with one attached hydrogen (secondary N) is 2. The highest BCUT2D eigenvalue weighted by molar-refractivity contribution is 9.10. The Morgan fingerprint density at radius 2 is 2.30 bits per heavy atom. The monoisotopic (exact) mass is 340 g/mol. The predicted octanol–water partition coefficient (Wildman–Crippen LogP) is 3.31. The van der Waals surface area contributed by atoms with Crippen molar-refractivity contribution >= 4 is 27.5 Å². The molecular weight excluding hydrogens is 323 g/mol. The molecule has 1 amide bonds. The van der Waals surface area contributed by atoms with Crippen molar-refractivity contribution in [3.05, 3.63) is 28.5 Å². The lowest BCUT2D eigenvalue weighted by molar-refractivity contribution is -0.128. The minimum absolute atomic E-state index is 0.0378. The van der Waals surface area contributed by atoms with Gasteiger partial charge in [-0.3, -0.25) is 4.79 Å². The van der Waals surface area contributed by atoms with Crippen LogP contribution in [-0.2, 0) is 4.79 Å². The Labute approximate surface area is 126 Å². The minimum Gasteiger partial charge on any atom is -0.323 e. The van der Waals surface area contributed by atoms with E-state index in [1.807, 2.05) is 0 Å². The molecule has 0 aromatic heterocycles. The zero-order valence-corrected chi connectivity index (χ0v) is 12.8. The second kappa shape index (κ2) is 5.45. The topological polar surface area (TPSA) is 41.1 Å². The molecule has 0 bridgehead atoms. The highest BCUT2D eigenvalue weighted by atomic mass is 79.9. The standard InChI is InChI=1S/C15H18BrFN2O/c16-11-4-5-12(17)13(7-11)19-14(20)15-6-2-1-3-10(15)8-18-9-15/h4-5,7,10,18H,1-3,6,8-9H2,(H,19,20)/t10-,15+/m0/s1. The highest BCUT2D eigenvalue weighted by Gasteiger charge is 2.49. The van der Waals surface area contributed by atoms with Crippen LogP contribution in [0.2, 0.25) is 0 Å². The third-order valence-electron chi connectivity index (χ3n) is 4.67. The highest BCUT2D eigenvalue weighted by Crippen LogP contribution is 2.44. The summed E-state index contributed by atoms with van der Waals surface area (Å²) in [5.41, 5.74) is -0.0949. The van der Waals surface area contributed by atoms with Crippen molar-refractivity contribution in [1.82, 2.24) is 5.32 Å².